The van der Waals surface area contributed by atoms with Crippen LogP contribution >= 0.6 is 11.3 Å². The number of amides is 2. The van der Waals surface area contributed by atoms with Gasteiger partial charge in [0.1, 0.15) is 5.75 Å². The molecule has 188 valence electrons. The van der Waals surface area contributed by atoms with E-state index in [1.165, 1.54) is 13.0 Å². The molecule has 0 fully saturated rings. The zero-order chi connectivity index (χ0) is 26.8. The number of aromatic hydroxyl groups is 1. The summed E-state index contributed by atoms with van der Waals surface area (Å²) in [6, 6.07) is 21.2. The number of anilines is 3. The summed E-state index contributed by atoms with van der Waals surface area (Å²) in [4.78, 5) is 50.5. The Bertz CT molecular complexity index is 1640. The molecule has 4 N–H and O–H groups in total. The summed E-state index contributed by atoms with van der Waals surface area (Å²) in [5, 5.41) is 18.2. The minimum absolute atomic E-state index is 0.0970. The van der Waals surface area contributed by atoms with Crippen molar-refractivity contribution in [3.05, 3.63) is 112 Å². The normalized spacial score (nSPS) is 13.1. The van der Waals surface area contributed by atoms with Crippen molar-refractivity contribution in [3.8, 4) is 5.75 Å². The molecule has 0 radical (unpaired) electrons. The lowest BCUT2D eigenvalue weighted by Crippen LogP contribution is -2.10. The first-order chi connectivity index (χ1) is 18.3. The fraction of sp³-hybridized carbons (Fsp3) is 0.0345. The largest absolute Gasteiger partial charge is 0.508 e. The van der Waals surface area contributed by atoms with E-state index in [9.17, 15) is 24.3 Å². The standard InChI is InChI=1S/C29H21N3O5S/c1-16(33)25-11-12-26(38-25)29(37)31-19-8-5-17(6-9-19)27(35)18-7-10-22-23(28(36)32-24(22)13-18)15-30-20-3-2-4-21(34)14-20/h2-15,30,34H,1H3,(H,31,37)(H,32,36). The van der Waals surface area contributed by atoms with Crippen LogP contribution < -0.4 is 16.0 Å². The minimum atomic E-state index is -0.335. The highest BCUT2D eigenvalue weighted by Crippen LogP contribution is 2.33. The Morgan fingerprint density at radius 1 is 0.868 bits per heavy atom. The lowest BCUT2D eigenvalue weighted by atomic mass is 9.99. The number of benzene rings is 3. The number of carbonyl (C=O) groups is 4. The molecule has 0 bridgehead atoms. The van der Waals surface area contributed by atoms with E-state index in [-0.39, 0.29) is 29.1 Å². The molecule has 0 aliphatic carbocycles. The summed E-state index contributed by atoms with van der Waals surface area (Å²) < 4.78 is 0. The first kappa shape index (κ1) is 24.7. The maximum Gasteiger partial charge on any atom is 0.265 e. The van der Waals surface area contributed by atoms with E-state index in [1.54, 1.807) is 79.0 Å². The zero-order valence-corrected chi connectivity index (χ0v) is 20.9. The van der Waals surface area contributed by atoms with Gasteiger partial charge in [-0.25, -0.2) is 0 Å². The van der Waals surface area contributed by atoms with Gasteiger partial charge in [-0.15, -0.1) is 11.3 Å². The van der Waals surface area contributed by atoms with Crippen LogP contribution in [0, 0.1) is 0 Å². The van der Waals surface area contributed by atoms with Crippen molar-refractivity contribution in [1.82, 2.24) is 0 Å². The lowest BCUT2D eigenvalue weighted by molar-refractivity contribution is -0.110. The van der Waals surface area contributed by atoms with Crippen LogP contribution in [0.1, 0.15) is 47.8 Å². The van der Waals surface area contributed by atoms with Gasteiger partial charge in [-0.2, -0.15) is 0 Å². The van der Waals surface area contributed by atoms with Crippen LogP contribution in [-0.2, 0) is 4.79 Å². The molecule has 4 aromatic rings. The van der Waals surface area contributed by atoms with Crippen molar-refractivity contribution in [2.24, 2.45) is 0 Å². The highest BCUT2D eigenvalue weighted by molar-refractivity contribution is 7.16. The highest BCUT2D eigenvalue weighted by Gasteiger charge is 2.25. The van der Waals surface area contributed by atoms with Crippen molar-refractivity contribution in [1.29, 1.82) is 0 Å². The highest BCUT2D eigenvalue weighted by atomic mass is 32.1. The Morgan fingerprint density at radius 2 is 1.61 bits per heavy atom. The Morgan fingerprint density at radius 3 is 2.32 bits per heavy atom. The van der Waals surface area contributed by atoms with Gasteiger partial charge in [0.05, 0.1) is 15.3 Å². The number of nitrogens with one attached hydrogen (secondary N) is 3. The van der Waals surface area contributed by atoms with Crippen molar-refractivity contribution in [2.75, 3.05) is 16.0 Å². The Balaban J connectivity index is 1.28. The topological polar surface area (TPSA) is 125 Å². The van der Waals surface area contributed by atoms with Crippen LogP contribution in [0.3, 0.4) is 0 Å². The van der Waals surface area contributed by atoms with Crippen molar-refractivity contribution in [3.63, 3.8) is 0 Å². The van der Waals surface area contributed by atoms with Gasteiger partial charge in [0.25, 0.3) is 11.8 Å². The molecule has 0 saturated carbocycles. The lowest BCUT2D eigenvalue weighted by Gasteiger charge is -2.07. The number of hydrogen-bond donors (Lipinski definition) is 4. The quantitative estimate of drug-likeness (QED) is 0.186. The van der Waals surface area contributed by atoms with Gasteiger partial charge < -0.3 is 21.1 Å². The second kappa shape index (κ2) is 10.2. The Hall–Kier alpha value is -5.02. The second-order valence-electron chi connectivity index (χ2n) is 8.55. The van der Waals surface area contributed by atoms with E-state index >= 15 is 0 Å². The van der Waals surface area contributed by atoms with E-state index in [4.69, 9.17) is 0 Å². The van der Waals surface area contributed by atoms with Gasteiger partial charge in [0.15, 0.2) is 11.6 Å². The maximum absolute atomic E-state index is 13.1. The summed E-state index contributed by atoms with van der Waals surface area (Å²) in [7, 11) is 0. The molecular weight excluding hydrogens is 502 g/mol. The van der Waals surface area contributed by atoms with Crippen molar-refractivity contribution in [2.45, 2.75) is 6.92 Å². The molecule has 3 aromatic carbocycles. The summed E-state index contributed by atoms with van der Waals surface area (Å²) in [6.07, 6.45) is 1.56. The van der Waals surface area contributed by atoms with E-state index in [2.05, 4.69) is 16.0 Å². The molecule has 0 unspecified atom stereocenters. The SMILES string of the molecule is CC(=O)c1ccc(C(=O)Nc2ccc(C(=O)c3ccc4c(c3)NC(=O)C4=CNc3cccc(O)c3)cc2)s1. The fourth-order valence-corrected chi connectivity index (χ4v) is 4.74. The summed E-state index contributed by atoms with van der Waals surface area (Å²) in [5.41, 5.74) is 3.54. The second-order valence-corrected chi connectivity index (χ2v) is 9.63. The summed E-state index contributed by atoms with van der Waals surface area (Å²) in [5.74, 6) is -0.870. The van der Waals surface area contributed by atoms with Gasteiger partial charge in [-0.1, -0.05) is 18.2 Å². The summed E-state index contributed by atoms with van der Waals surface area (Å²) >= 11 is 1.12. The number of phenolic OH excluding ortho intramolecular Hbond substituents is 1. The minimum Gasteiger partial charge on any atom is -0.508 e. The molecule has 38 heavy (non-hydrogen) atoms. The third-order valence-corrected chi connectivity index (χ3v) is 7.06. The van der Waals surface area contributed by atoms with Crippen LogP contribution in [0.25, 0.3) is 5.57 Å². The summed E-state index contributed by atoms with van der Waals surface area (Å²) in [6.45, 7) is 1.45. The number of Topliss-reactive ketones (excluding diaryl/α,β-unsaturated/α-hetero) is 1. The predicted octanol–water partition coefficient (Wildman–Crippen LogP) is 5.54. The van der Waals surface area contributed by atoms with Gasteiger partial charge in [0, 0.05) is 46.0 Å². The molecule has 0 spiro atoms. The number of ketones is 2. The molecule has 8 nitrogen and oxygen atoms in total. The van der Waals surface area contributed by atoms with E-state index in [0.717, 1.165) is 11.3 Å². The van der Waals surface area contributed by atoms with Crippen LogP contribution in [0.5, 0.6) is 5.75 Å². The molecule has 1 aliphatic heterocycles. The number of thiophene rings is 1. The van der Waals surface area contributed by atoms with Gasteiger partial charge in [-0.05, 0) is 61.5 Å². The van der Waals surface area contributed by atoms with Gasteiger partial charge in [-0.3, -0.25) is 19.2 Å². The molecule has 1 aromatic heterocycles. The first-order valence-corrected chi connectivity index (χ1v) is 12.4. The molecule has 2 amide bonds. The van der Waals surface area contributed by atoms with Gasteiger partial charge in [0.2, 0.25) is 0 Å². The molecule has 0 saturated heterocycles. The molecule has 2 heterocycles. The number of rotatable bonds is 7. The van der Waals surface area contributed by atoms with E-state index < -0.39 is 0 Å². The monoisotopic (exact) mass is 523 g/mol. The first-order valence-electron chi connectivity index (χ1n) is 11.6. The smallest absolute Gasteiger partial charge is 0.265 e. The number of fused-ring (bicyclic) bond motifs is 1. The third kappa shape index (κ3) is 5.09. The van der Waals surface area contributed by atoms with Crippen LogP contribution in [0.15, 0.2) is 85.1 Å². The average Bonchev–Trinajstić information content (AvgIpc) is 3.52. The van der Waals surface area contributed by atoms with E-state index in [0.29, 0.717) is 49.1 Å². The van der Waals surface area contributed by atoms with E-state index in [1.807, 2.05) is 0 Å². The molecule has 5 rings (SSSR count). The number of carbonyl (C=O) groups excluding carboxylic acids is 4. The molecule has 1 aliphatic rings. The molecule has 0 atom stereocenters. The number of phenols is 1. The van der Waals surface area contributed by atoms with Crippen molar-refractivity contribution >= 4 is 57.4 Å². The fourth-order valence-electron chi connectivity index (χ4n) is 3.94. The van der Waals surface area contributed by atoms with Gasteiger partial charge >= 0.3 is 0 Å². The number of hydrogen-bond acceptors (Lipinski definition) is 7. The van der Waals surface area contributed by atoms with Crippen LogP contribution in [0.4, 0.5) is 17.1 Å². The Kier molecular flexibility index (Phi) is 6.59. The molecular formula is C29H21N3O5S. The Labute approximate surface area is 221 Å². The predicted molar refractivity (Wildman–Crippen MR) is 147 cm³/mol. The third-order valence-electron chi connectivity index (χ3n) is 5.88. The van der Waals surface area contributed by atoms with Crippen LogP contribution in [0.2, 0.25) is 0 Å². The zero-order valence-electron chi connectivity index (χ0n) is 20.1. The van der Waals surface area contributed by atoms with Crippen LogP contribution in [-0.4, -0.2) is 28.5 Å². The van der Waals surface area contributed by atoms with Crippen molar-refractivity contribution < 1.29 is 24.3 Å². The molecule has 9 heteroatoms. The maximum atomic E-state index is 13.1. The average molecular weight is 524 g/mol.